The third kappa shape index (κ3) is 0.629. The summed E-state index contributed by atoms with van der Waals surface area (Å²) in [6, 6.07) is 2.00. The van der Waals surface area contributed by atoms with Crippen molar-refractivity contribution < 1.29 is 0 Å². The van der Waals surface area contributed by atoms with Gasteiger partial charge in [0.15, 0.2) is 0 Å². The Kier molecular flexibility index (Phi) is 1.12. The predicted molar refractivity (Wildman–Crippen MR) is 48.5 cm³/mol. The second kappa shape index (κ2) is 1.87. The smallest absolute Gasteiger partial charge is 0.106 e. The number of hydrogen-bond acceptors (Lipinski definition) is 4. The second-order valence-corrected chi connectivity index (χ2v) is 3.99. The van der Waals surface area contributed by atoms with Crippen molar-refractivity contribution in [3.8, 4) is 0 Å². The highest BCUT2D eigenvalue weighted by molar-refractivity contribution is 7.28. The SMILES string of the molecule is Nc1sc(N)c2sccc12. The number of fused-ring (bicyclic) bond motifs is 1. The Morgan fingerprint density at radius 2 is 2.00 bits per heavy atom. The summed E-state index contributed by atoms with van der Waals surface area (Å²) in [6.07, 6.45) is 0. The zero-order valence-electron chi connectivity index (χ0n) is 5.13. The molecule has 2 heterocycles. The van der Waals surface area contributed by atoms with E-state index in [1.54, 1.807) is 11.3 Å². The summed E-state index contributed by atoms with van der Waals surface area (Å²) in [5, 5.41) is 4.77. The van der Waals surface area contributed by atoms with Crippen molar-refractivity contribution in [3.05, 3.63) is 11.4 Å². The number of nitrogen functional groups attached to an aromatic ring is 2. The molecule has 0 aliphatic heterocycles. The van der Waals surface area contributed by atoms with Gasteiger partial charge in [-0.2, -0.15) is 0 Å². The van der Waals surface area contributed by atoms with Crippen LogP contribution in [0.1, 0.15) is 0 Å². The Morgan fingerprint density at radius 1 is 1.20 bits per heavy atom. The van der Waals surface area contributed by atoms with Gasteiger partial charge in [-0.25, -0.2) is 0 Å². The molecule has 0 spiro atoms. The van der Waals surface area contributed by atoms with Gasteiger partial charge in [0.25, 0.3) is 0 Å². The molecule has 0 aliphatic carbocycles. The second-order valence-electron chi connectivity index (χ2n) is 1.99. The van der Waals surface area contributed by atoms with Crippen LogP contribution in [0, 0.1) is 0 Å². The average molecular weight is 170 g/mol. The molecular weight excluding hydrogens is 164 g/mol. The topological polar surface area (TPSA) is 52.0 Å². The fourth-order valence-electron chi connectivity index (χ4n) is 0.914. The summed E-state index contributed by atoms with van der Waals surface area (Å²) in [5.74, 6) is 0. The van der Waals surface area contributed by atoms with E-state index >= 15 is 0 Å². The van der Waals surface area contributed by atoms with Crippen LogP contribution in [0.3, 0.4) is 0 Å². The summed E-state index contributed by atoms with van der Waals surface area (Å²) in [7, 11) is 0. The molecule has 0 aliphatic rings. The van der Waals surface area contributed by atoms with E-state index in [4.69, 9.17) is 11.5 Å². The molecule has 0 fully saturated rings. The molecule has 0 amide bonds. The fraction of sp³-hybridized carbons (Fsp3) is 0. The molecule has 2 aromatic heterocycles. The zero-order valence-corrected chi connectivity index (χ0v) is 6.76. The first-order valence-electron chi connectivity index (χ1n) is 2.80. The van der Waals surface area contributed by atoms with Crippen molar-refractivity contribution >= 4 is 42.8 Å². The lowest BCUT2D eigenvalue weighted by atomic mass is 10.4. The van der Waals surface area contributed by atoms with E-state index in [9.17, 15) is 0 Å². The zero-order chi connectivity index (χ0) is 7.14. The third-order valence-electron chi connectivity index (χ3n) is 1.37. The van der Waals surface area contributed by atoms with Crippen molar-refractivity contribution in [3.63, 3.8) is 0 Å². The Morgan fingerprint density at radius 3 is 2.70 bits per heavy atom. The quantitative estimate of drug-likeness (QED) is 0.636. The lowest BCUT2D eigenvalue weighted by Gasteiger charge is -1.77. The molecule has 4 heteroatoms. The third-order valence-corrected chi connectivity index (χ3v) is 3.32. The minimum atomic E-state index is 0.828. The van der Waals surface area contributed by atoms with Crippen molar-refractivity contribution in [1.29, 1.82) is 0 Å². The fourth-order valence-corrected chi connectivity index (χ4v) is 2.73. The first-order chi connectivity index (χ1) is 4.79. The molecule has 2 aromatic rings. The van der Waals surface area contributed by atoms with E-state index in [0.717, 1.165) is 20.1 Å². The minimum absolute atomic E-state index is 0.828. The van der Waals surface area contributed by atoms with Gasteiger partial charge in [-0.05, 0) is 11.4 Å². The summed E-state index contributed by atoms with van der Waals surface area (Å²) < 4.78 is 1.13. The van der Waals surface area contributed by atoms with Gasteiger partial charge in [0, 0.05) is 5.39 Å². The summed E-state index contributed by atoms with van der Waals surface area (Å²) in [5.41, 5.74) is 11.3. The van der Waals surface area contributed by atoms with Crippen LogP contribution in [0.5, 0.6) is 0 Å². The van der Waals surface area contributed by atoms with Crippen LogP contribution in [0.25, 0.3) is 10.1 Å². The molecule has 0 saturated carbocycles. The standard InChI is InChI=1S/C6H6N2S2/c7-5-3-1-2-9-4(3)6(8)10-5/h1-2H,7-8H2. The summed E-state index contributed by atoms with van der Waals surface area (Å²) in [6.45, 7) is 0. The molecule has 2 rings (SSSR count). The normalized spacial score (nSPS) is 10.8. The van der Waals surface area contributed by atoms with Crippen LogP contribution in [0.4, 0.5) is 10.0 Å². The predicted octanol–water partition coefficient (Wildman–Crippen LogP) is 2.13. The summed E-state index contributed by atoms with van der Waals surface area (Å²) in [4.78, 5) is 0. The van der Waals surface area contributed by atoms with Crippen LogP contribution in [-0.4, -0.2) is 0 Å². The Balaban J connectivity index is 2.98. The van der Waals surface area contributed by atoms with E-state index in [2.05, 4.69) is 0 Å². The van der Waals surface area contributed by atoms with Crippen LogP contribution in [0.2, 0.25) is 0 Å². The van der Waals surface area contributed by atoms with Crippen molar-refractivity contribution in [2.24, 2.45) is 0 Å². The molecule has 0 radical (unpaired) electrons. The number of hydrogen-bond donors (Lipinski definition) is 2. The van der Waals surface area contributed by atoms with Gasteiger partial charge in [0.1, 0.15) is 5.00 Å². The van der Waals surface area contributed by atoms with E-state index < -0.39 is 0 Å². The molecule has 0 aromatic carbocycles. The maximum absolute atomic E-state index is 5.67. The van der Waals surface area contributed by atoms with Crippen molar-refractivity contribution in [2.45, 2.75) is 0 Å². The maximum atomic E-state index is 5.67. The molecule has 0 atom stereocenters. The van der Waals surface area contributed by atoms with E-state index in [-0.39, 0.29) is 0 Å². The highest BCUT2D eigenvalue weighted by atomic mass is 32.1. The Labute approximate surface area is 66.1 Å². The van der Waals surface area contributed by atoms with Crippen LogP contribution in [0.15, 0.2) is 11.4 Å². The molecule has 10 heavy (non-hydrogen) atoms. The van der Waals surface area contributed by atoms with Gasteiger partial charge in [-0.3, -0.25) is 0 Å². The molecule has 4 N–H and O–H groups in total. The Hall–Kier alpha value is -0.740. The largest absolute Gasteiger partial charge is 0.390 e. The van der Waals surface area contributed by atoms with Crippen LogP contribution in [-0.2, 0) is 0 Å². The Bertz CT molecular complexity index is 329. The van der Waals surface area contributed by atoms with Gasteiger partial charge < -0.3 is 11.5 Å². The first-order valence-corrected chi connectivity index (χ1v) is 4.49. The number of rotatable bonds is 0. The average Bonchev–Trinajstić information content (AvgIpc) is 2.39. The molecule has 0 saturated heterocycles. The van der Waals surface area contributed by atoms with E-state index in [1.807, 2.05) is 11.4 Å². The molecule has 2 nitrogen and oxygen atoms in total. The first kappa shape index (κ1) is 6.00. The van der Waals surface area contributed by atoms with Crippen molar-refractivity contribution in [1.82, 2.24) is 0 Å². The lowest BCUT2D eigenvalue weighted by molar-refractivity contribution is 2.05. The van der Waals surface area contributed by atoms with E-state index in [1.165, 1.54) is 11.3 Å². The molecule has 52 valence electrons. The highest BCUT2D eigenvalue weighted by Crippen LogP contribution is 2.38. The van der Waals surface area contributed by atoms with Gasteiger partial charge >= 0.3 is 0 Å². The van der Waals surface area contributed by atoms with E-state index in [0.29, 0.717) is 0 Å². The van der Waals surface area contributed by atoms with Crippen molar-refractivity contribution in [2.75, 3.05) is 11.5 Å². The minimum Gasteiger partial charge on any atom is -0.390 e. The van der Waals surface area contributed by atoms with Gasteiger partial charge in [0.05, 0.1) is 9.70 Å². The molecule has 0 bridgehead atoms. The lowest BCUT2D eigenvalue weighted by Crippen LogP contribution is -1.75. The number of anilines is 2. The highest BCUT2D eigenvalue weighted by Gasteiger charge is 2.05. The molecular formula is C6H6N2S2. The van der Waals surface area contributed by atoms with Crippen LogP contribution >= 0.6 is 22.7 Å². The maximum Gasteiger partial charge on any atom is 0.106 e. The van der Waals surface area contributed by atoms with Gasteiger partial charge in [-0.1, -0.05) is 11.3 Å². The van der Waals surface area contributed by atoms with Crippen LogP contribution < -0.4 is 11.5 Å². The van der Waals surface area contributed by atoms with Gasteiger partial charge in [0.2, 0.25) is 0 Å². The van der Waals surface area contributed by atoms with Gasteiger partial charge in [-0.15, -0.1) is 11.3 Å². The number of thiophene rings is 2. The monoisotopic (exact) mass is 170 g/mol. The summed E-state index contributed by atoms with van der Waals surface area (Å²) >= 11 is 3.10. The molecule has 0 unspecified atom stereocenters. The number of nitrogens with two attached hydrogens (primary N) is 2.